The third kappa shape index (κ3) is 5.30. The Balaban J connectivity index is 2.37. The highest BCUT2D eigenvalue weighted by molar-refractivity contribution is 5.76. The molecule has 8 nitrogen and oxygen atoms in total. The van der Waals surface area contributed by atoms with E-state index in [1.165, 1.54) is 6.20 Å². The number of anilines is 1. The number of hydrogen-bond donors (Lipinski definition) is 2. The first-order chi connectivity index (χ1) is 9.15. The topological polar surface area (TPSA) is 106 Å². The molecule has 0 aliphatic rings. The van der Waals surface area contributed by atoms with Crippen molar-refractivity contribution in [2.45, 2.75) is 6.42 Å². The number of nitrogens with zero attached hydrogens (tertiary/aromatic N) is 2. The van der Waals surface area contributed by atoms with Crippen molar-refractivity contribution in [3.63, 3.8) is 0 Å². The highest BCUT2D eigenvalue weighted by atomic mass is 16.6. The summed E-state index contributed by atoms with van der Waals surface area (Å²) in [6.45, 7) is 1.20. The molecule has 0 spiro atoms. The summed E-state index contributed by atoms with van der Waals surface area (Å²) in [4.78, 5) is 25.2. The van der Waals surface area contributed by atoms with Crippen LogP contribution in [0.25, 0.3) is 0 Å². The zero-order valence-electron chi connectivity index (χ0n) is 10.6. The molecule has 1 heterocycles. The van der Waals surface area contributed by atoms with E-state index in [9.17, 15) is 14.9 Å². The molecule has 0 radical (unpaired) electrons. The Hall–Kier alpha value is -2.22. The fourth-order valence-corrected chi connectivity index (χ4v) is 1.37. The minimum atomic E-state index is -0.568. The highest BCUT2D eigenvalue weighted by Crippen LogP contribution is 2.19. The zero-order valence-corrected chi connectivity index (χ0v) is 10.6. The molecule has 2 N–H and O–H groups in total. The largest absolute Gasteiger partial charge is 0.386 e. The van der Waals surface area contributed by atoms with Gasteiger partial charge in [-0.15, -0.1) is 0 Å². The number of carbonyl (C=O) groups is 1. The predicted octanol–water partition coefficient (Wildman–Crippen LogP) is 0.554. The van der Waals surface area contributed by atoms with Crippen molar-refractivity contribution in [2.75, 3.05) is 32.1 Å². The van der Waals surface area contributed by atoms with Crippen LogP contribution in [-0.4, -0.2) is 42.6 Å². The molecule has 1 aromatic heterocycles. The van der Waals surface area contributed by atoms with Crippen LogP contribution in [0.2, 0.25) is 0 Å². The molecule has 0 aromatic carbocycles. The maximum Gasteiger partial charge on any atom is 0.386 e. The summed E-state index contributed by atoms with van der Waals surface area (Å²) < 4.78 is 4.79. The molecule has 0 saturated heterocycles. The highest BCUT2D eigenvalue weighted by Gasteiger charge is 2.13. The van der Waals surface area contributed by atoms with Gasteiger partial charge >= 0.3 is 5.82 Å². The first kappa shape index (κ1) is 14.8. The first-order valence-electron chi connectivity index (χ1n) is 5.74. The second-order valence-electron chi connectivity index (χ2n) is 3.65. The van der Waals surface area contributed by atoms with Crippen LogP contribution in [0.4, 0.5) is 11.5 Å². The number of aromatic nitrogens is 1. The van der Waals surface area contributed by atoms with E-state index in [2.05, 4.69) is 15.6 Å². The Kier molecular flexibility index (Phi) is 6.23. The minimum absolute atomic E-state index is 0.143. The third-order valence-electron chi connectivity index (χ3n) is 2.26. The zero-order chi connectivity index (χ0) is 14.1. The lowest BCUT2D eigenvalue weighted by atomic mass is 10.3. The van der Waals surface area contributed by atoms with Crippen LogP contribution in [0.15, 0.2) is 18.3 Å². The number of amides is 1. The van der Waals surface area contributed by atoms with E-state index in [4.69, 9.17) is 4.74 Å². The Morgan fingerprint density at radius 2 is 2.32 bits per heavy atom. The summed E-state index contributed by atoms with van der Waals surface area (Å²) in [5.74, 6) is -0.390. The number of nitrogens with one attached hydrogen (secondary N) is 2. The Morgan fingerprint density at radius 3 is 3.00 bits per heavy atom. The van der Waals surface area contributed by atoms with E-state index in [-0.39, 0.29) is 18.1 Å². The van der Waals surface area contributed by atoms with Crippen LogP contribution in [0.1, 0.15) is 6.42 Å². The number of ether oxygens (including phenoxy) is 1. The lowest BCUT2D eigenvalue weighted by Crippen LogP contribution is -2.28. The molecule has 0 saturated carbocycles. The Morgan fingerprint density at radius 1 is 1.53 bits per heavy atom. The lowest BCUT2D eigenvalue weighted by Gasteiger charge is -2.07. The maximum atomic E-state index is 11.4. The van der Waals surface area contributed by atoms with Crippen LogP contribution < -0.4 is 10.6 Å². The van der Waals surface area contributed by atoms with Gasteiger partial charge < -0.3 is 25.5 Å². The fraction of sp³-hybridized carbons (Fsp3) is 0.455. The molecule has 19 heavy (non-hydrogen) atoms. The van der Waals surface area contributed by atoms with Crippen molar-refractivity contribution in [1.29, 1.82) is 0 Å². The standard InChI is InChI=1S/C11H16N4O4/c1-19-8-7-13-10(16)4-6-12-9-3-2-5-14-11(9)15(17)18/h2-3,5,12H,4,6-8H2,1H3,(H,13,16). The SMILES string of the molecule is COCCNC(=O)CCNc1cccnc1[N+](=O)[O-]. The van der Waals surface area contributed by atoms with Gasteiger partial charge in [-0.1, -0.05) is 0 Å². The van der Waals surface area contributed by atoms with Crippen LogP contribution in [0.5, 0.6) is 0 Å². The molecule has 0 fully saturated rings. The van der Waals surface area contributed by atoms with E-state index in [0.717, 1.165) is 0 Å². The van der Waals surface area contributed by atoms with Gasteiger partial charge in [-0.3, -0.25) is 4.79 Å². The molecule has 8 heteroatoms. The van der Waals surface area contributed by atoms with Gasteiger partial charge in [0.25, 0.3) is 0 Å². The molecule has 1 amide bonds. The number of carbonyl (C=O) groups excluding carboxylic acids is 1. The summed E-state index contributed by atoms with van der Waals surface area (Å²) in [5.41, 5.74) is 0.303. The van der Waals surface area contributed by atoms with Crippen molar-refractivity contribution in [3.8, 4) is 0 Å². The van der Waals surface area contributed by atoms with Gasteiger partial charge in [0.15, 0.2) is 0 Å². The summed E-state index contributed by atoms with van der Waals surface area (Å²) in [6, 6.07) is 3.14. The number of hydrogen-bond acceptors (Lipinski definition) is 6. The van der Waals surface area contributed by atoms with Gasteiger partial charge in [-0.2, -0.15) is 0 Å². The predicted molar refractivity (Wildman–Crippen MR) is 68.9 cm³/mol. The number of rotatable bonds is 8. The van der Waals surface area contributed by atoms with E-state index in [0.29, 0.717) is 25.4 Å². The second kappa shape index (κ2) is 7.98. The molecule has 0 unspecified atom stereocenters. The molecule has 0 bridgehead atoms. The molecular formula is C11H16N4O4. The lowest BCUT2D eigenvalue weighted by molar-refractivity contribution is -0.388. The first-order valence-corrected chi connectivity index (χ1v) is 5.74. The van der Waals surface area contributed by atoms with Gasteiger partial charge in [0.2, 0.25) is 5.91 Å². The van der Waals surface area contributed by atoms with E-state index >= 15 is 0 Å². The number of pyridine rings is 1. The normalized spacial score (nSPS) is 9.95. The summed E-state index contributed by atoms with van der Waals surface area (Å²) in [6.07, 6.45) is 1.57. The van der Waals surface area contributed by atoms with Crippen molar-refractivity contribution < 1.29 is 14.5 Å². The summed E-state index contributed by atoms with van der Waals surface area (Å²) >= 11 is 0. The maximum absolute atomic E-state index is 11.4. The molecular weight excluding hydrogens is 252 g/mol. The Labute approximate surface area is 110 Å². The average molecular weight is 268 g/mol. The fourth-order valence-electron chi connectivity index (χ4n) is 1.37. The van der Waals surface area contributed by atoms with Gasteiger partial charge in [-0.05, 0) is 22.0 Å². The van der Waals surface area contributed by atoms with Crippen LogP contribution in [-0.2, 0) is 9.53 Å². The van der Waals surface area contributed by atoms with Crippen molar-refractivity contribution in [2.24, 2.45) is 0 Å². The third-order valence-corrected chi connectivity index (χ3v) is 2.26. The van der Waals surface area contributed by atoms with Crippen LogP contribution in [0, 0.1) is 10.1 Å². The van der Waals surface area contributed by atoms with Crippen LogP contribution in [0.3, 0.4) is 0 Å². The van der Waals surface area contributed by atoms with Gasteiger partial charge in [-0.25, -0.2) is 0 Å². The van der Waals surface area contributed by atoms with Crippen LogP contribution >= 0.6 is 0 Å². The summed E-state index contributed by atoms with van der Waals surface area (Å²) in [7, 11) is 1.55. The minimum Gasteiger partial charge on any atom is -0.383 e. The van der Waals surface area contributed by atoms with E-state index < -0.39 is 4.92 Å². The molecule has 0 aliphatic carbocycles. The van der Waals surface area contributed by atoms with E-state index in [1.54, 1.807) is 19.2 Å². The summed E-state index contributed by atoms with van der Waals surface area (Å²) in [5, 5.41) is 16.2. The molecule has 1 rings (SSSR count). The monoisotopic (exact) mass is 268 g/mol. The molecule has 0 aliphatic heterocycles. The van der Waals surface area contributed by atoms with E-state index in [1.807, 2.05) is 0 Å². The Bertz CT molecular complexity index is 438. The molecule has 104 valence electrons. The average Bonchev–Trinajstić information content (AvgIpc) is 2.39. The van der Waals surface area contributed by atoms with Crippen molar-refractivity contribution in [1.82, 2.24) is 10.3 Å². The number of methoxy groups -OCH3 is 1. The van der Waals surface area contributed by atoms with Gasteiger partial charge in [0.05, 0.1) is 6.61 Å². The van der Waals surface area contributed by atoms with Gasteiger partial charge in [0, 0.05) is 26.6 Å². The molecule has 1 aromatic rings. The second-order valence-corrected chi connectivity index (χ2v) is 3.65. The smallest absolute Gasteiger partial charge is 0.383 e. The van der Waals surface area contributed by atoms with Crippen molar-refractivity contribution in [3.05, 3.63) is 28.4 Å². The van der Waals surface area contributed by atoms with Gasteiger partial charge in [0.1, 0.15) is 11.9 Å². The quantitative estimate of drug-likeness (QED) is 0.405. The number of nitro groups is 1. The van der Waals surface area contributed by atoms with Crippen molar-refractivity contribution >= 4 is 17.4 Å². The molecule has 0 atom stereocenters.